The van der Waals surface area contributed by atoms with Crippen molar-refractivity contribution in [3.63, 3.8) is 0 Å². The maximum Gasteiger partial charge on any atom is 0.408 e. The van der Waals surface area contributed by atoms with Gasteiger partial charge in [-0.05, 0) is 68.1 Å². The molecule has 2 aromatic carbocycles. The molecule has 2 bridgehead atoms. The lowest BCUT2D eigenvalue weighted by Gasteiger charge is -2.44. The third-order valence-electron chi connectivity index (χ3n) is 6.83. The number of ether oxygens (including phenoxy) is 2. The number of benzene rings is 2. The van der Waals surface area contributed by atoms with Crippen molar-refractivity contribution in [2.24, 2.45) is 5.92 Å². The van der Waals surface area contributed by atoms with E-state index in [9.17, 15) is 9.18 Å². The van der Waals surface area contributed by atoms with Crippen LogP contribution in [0, 0.1) is 11.7 Å². The van der Waals surface area contributed by atoms with E-state index < -0.39 is 5.54 Å². The Bertz CT molecular complexity index is 957. The predicted molar refractivity (Wildman–Crippen MR) is 112 cm³/mol. The van der Waals surface area contributed by atoms with Gasteiger partial charge in [-0.25, -0.2) is 9.18 Å². The fourth-order valence-electron chi connectivity index (χ4n) is 5.01. The number of carbonyl (C=O) groups excluding carboxylic acids is 1. The van der Waals surface area contributed by atoms with Crippen LogP contribution in [0.2, 0.25) is 0 Å². The lowest BCUT2D eigenvalue weighted by molar-refractivity contribution is -0.0358. The lowest BCUT2D eigenvalue weighted by Crippen LogP contribution is -2.54. The second kappa shape index (κ2) is 7.58. The number of rotatable bonds is 3. The first kappa shape index (κ1) is 19.4. The van der Waals surface area contributed by atoms with Gasteiger partial charge in [0.25, 0.3) is 0 Å². The smallest absolute Gasteiger partial charge is 0.408 e. The Labute approximate surface area is 176 Å². The number of nitrogens with zero attached hydrogens (tertiary/aromatic N) is 1. The van der Waals surface area contributed by atoms with Crippen LogP contribution in [0.5, 0.6) is 5.75 Å². The summed E-state index contributed by atoms with van der Waals surface area (Å²) in [6.07, 6.45) is 2.49. The molecular weight excluding hydrogens is 383 g/mol. The van der Waals surface area contributed by atoms with Crippen LogP contribution in [0.25, 0.3) is 11.1 Å². The Morgan fingerprint density at radius 3 is 2.73 bits per heavy atom. The third kappa shape index (κ3) is 3.65. The molecule has 6 rings (SSSR count). The normalized spacial score (nSPS) is 29.6. The lowest BCUT2D eigenvalue weighted by atomic mass is 9.85. The van der Waals surface area contributed by atoms with Gasteiger partial charge in [0.05, 0.1) is 12.1 Å². The Hall–Kier alpha value is -2.60. The highest BCUT2D eigenvalue weighted by Gasteiger charge is 2.39. The summed E-state index contributed by atoms with van der Waals surface area (Å²) in [5.41, 5.74) is 2.02. The van der Waals surface area contributed by atoms with Gasteiger partial charge in [0, 0.05) is 18.5 Å². The first-order chi connectivity index (χ1) is 14.5. The Kier molecular flexibility index (Phi) is 4.89. The molecule has 3 fully saturated rings. The minimum atomic E-state index is -0.570. The van der Waals surface area contributed by atoms with E-state index in [0.717, 1.165) is 49.2 Å². The third-order valence-corrected chi connectivity index (χ3v) is 6.83. The summed E-state index contributed by atoms with van der Waals surface area (Å²) < 4.78 is 25.3. The minimum absolute atomic E-state index is 0.0224. The van der Waals surface area contributed by atoms with Crippen molar-refractivity contribution in [2.75, 3.05) is 26.2 Å². The summed E-state index contributed by atoms with van der Waals surface area (Å²) in [6, 6.07) is 12.3. The summed E-state index contributed by atoms with van der Waals surface area (Å²) in [5, 5.41) is 3.11. The number of fused-ring (bicyclic) bond motifs is 4. The van der Waals surface area contributed by atoms with E-state index in [2.05, 4.69) is 10.2 Å². The highest BCUT2D eigenvalue weighted by Crippen LogP contribution is 2.39. The summed E-state index contributed by atoms with van der Waals surface area (Å²) >= 11 is 0. The molecule has 1 unspecified atom stereocenters. The van der Waals surface area contributed by atoms with Crippen molar-refractivity contribution in [2.45, 2.75) is 37.8 Å². The zero-order chi connectivity index (χ0) is 20.7. The molecular formula is C24H27FN2O3. The van der Waals surface area contributed by atoms with Crippen LogP contribution < -0.4 is 10.1 Å². The maximum absolute atomic E-state index is 13.6. The van der Waals surface area contributed by atoms with Crippen LogP contribution >= 0.6 is 0 Å². The molecule has 0 aliphatic carbocycles. The number of hydrogen-bond acceptors (Lipinski definition) is 4. The molecule has 158 valence electrons. The van der Waals surface area contributed by atoms with Crippen molar-refractivity contribution >= 4 is 6.09 Å². The fourth-order valence-corrected chi connectivity index (χ4v) is 5.01. The monoisotopic (exact) mass is 410 g/mol. The largest absolute Gasteiger partial charge is 0.493 e. The molecule has 4 aliphatic heterocycles. The van der Waals surface area contributed by atoms with Crippen LogP contribution in [-0.2, 0) is 10.3 Å². The average Bonchev–Trinajstić information content (AvgIpc) is 2.74. The van der Waals surface area contributed by atoms with Gasteiger partial charge in [-0.15, -0.1) is 0 Å². The Morgan fingerprint density at radius 1 is 1.20 bits per heavy atom. The van der Waals surface area contributed by atoms with E-state index in [0.29, 0.717) is 24.7 Å². The number of amides is 1. The highest BCUT2D eigenvalue weighted by molar-refractivity contribution is 5.71. The molecule has 4 aliphatic rings. The first-order valence-corrected chi connectivity index (χ1v) is 10.7. The molecule has 6 heteroatoms. The summed E-state index contributed by atoms with van der Waals surface area (Å²) in [6.45, 7) is 5.57. The number of nitrogens with one attached hydrogen (secondary N) is 1. The zero-order valence-corrected chi connectivity index (χ0v) is 17.2. The van der Waals surface area contributed by atoms with Crippen LogP contribution in [0.1, 0.15) is 31.7 Å². The zero-order valence-electron chi connectivity index (χ0n) is 17.2. The molecule has 2 atom stereocenters. The number of carbonyl (C=O) groups is 1. The van der Waals surface area contributed by atoms with E-state index >= 15 is 0 Å². The molecule has 1 N–H and O–H groups in total. The van der Waals surface area contributed by atoms with E-state index in [4.69, 9.17) is 9.47 Å². The molecule has 0 radical (unpaired) electrons. The van der Waals surface area contributed by atoms with Crippen molar-refractivity contribution in [3.8, 4) is 16.9 Å². The second-order valence-corrected chi connectivity index (χ2v) is 8.86. The molecule has 2 aromatic rings. The average molecular weight is 410 g/mol. The summed E-state index contributed by atoms with van der Waals surface area (Å²) in [5.74, 6) is 0.922. The van der Waals surface area contributed by atoms with E-state index in [1.807, 2.05) is 31.2 Å². The minimum Gasteiger partial charge on any atom is -0.493 e. The van der Waals surface area contributed by atoms with Gasteiger partial charge >= 0.3 is 6.09 Å². The van der Waals surface area contributed by atoms with Crippen LogP contribution in [-0.4, -0.2) is 43.3 Å². The van der Waals surface area contributed by atoms with E-state index in [1.54, 1.807) is 6.07 Å². The number of halogens is 1. The molecule has 1 amide bonds. The molecule has 0 spiro atoms. The van der Waals surface area contributed by atoms with Gasteiger partial charge in [-0.2, -0.15) is 0 Å². The van der Waals surface area contributed by atoms with Crippen LogP contribution in [0.4, 0.5) is 9.18 Å². The van der Waals surface area contributed by atoms with E-state index in [-0.39, 0.29) is 18.0 Å². The Morgan fingerprint density at radius 2 is 2.00 bits per heavy atom. The predicted octanol–water partition coefficient (Wildman–Crippen LogP) is 4.31. The van der Waals surface area contributed by atoms with Crippen molar-refractivity contribution in [1.29, 1.82) is 0 Å². The van der Waals surface area contributed by atoms with Gasteiger partial charge in [-0.1, -0.05) is 24.3 Å². The summed E-state index contributed by atoms with van der Waals surface area (Å²) in [4.78, 5) is 15.1. The van der Waals surface area contributed by atoms with Crippen molar-refractivity contribution < 1.29 is 18.7 Å². The van der Waals surface area contributed by atoms with Crippen LogP contribution in [0.15, 0.2) is 42.5 Å². The number of piperidine rings is 3. The molecule has 0 saturated carbocycles. The van der Waals surface area contributed by atoms with Gasteiger partial charge in [0.15, 0.2) is 0 Å². The topological polar surface area (TPSA) is 50.8 Å². The standard InChI is InChI=1S/C24H27FN2O3/c1-24(26-23(28)30-22-15-27-10-7-16(22)8-11-27)9-12-29-21-14-18(5-6-20(21)24)17-3-2-4-19(25)13-17/h2-6,13-14,16,22H,7-12,15H2,1H3,(H,26,28)/t22-,24?/m1/s1. The first-order valence-electron chi connectivity index (χ1n) is 10.7. The number of hydrogen-bond donors (Lipinski definition) is 1. The van der Waals surface area contributed by atoms with Gasteiger partial charge < -0.3 is 14.8 Å². The molecule has 5 nitrogen and oxygen atoms in total. The molecule has 30 heavy (non-hydrogen) atoms. The van der Waals surface area contributed by atoms with Gasteiger partial charge in [-0.3, -0.25) is 4.90 Å². The fraction of sp³-hybridized carbons (Fsp3) is 0.458. The molecule has 4 heterocycles. The Balaban J connectivity index is 1.33. The van der Waals surface area contributed by atoms with E-state index in [1.165, 1.54) is 12.1 Å². The van der Waals surface area contributed by atoms with Crippen molar-refractivity contribution in [1.82, 2.24) is 10.2 Å². The quantitative estimate of drug-likeness (QED) is 0.819. The maximum atomic E-state index is 13.6. The molecule has 3 saturated heterocycles. The van der Waals surface area contributed by atoms with Crippen molar-refractivity contribution in [3.05, 3.63) is 53.8 Å². The number of alkyl carbamates (subject to hydrolysis) is 1. The highest BCUT2D eigenvalue weighted by atomic mass is 19.1. The van der Waals surface area contributed by atoms with Crippen LogP contribution in [0.3, 0.4) is 0 Å². The van der Waals surface area contributed by atoms with Gasteiger partial charge in [0.2, 0.25) is 0 Å². The molecule has 0 aromatic heterocycles. The SMILES string of the molecule is CC1(NC(=O)O[C@@H]2CN3CCC2CC3)CCOc2cc(-c3cccc(F)c3)ccc21. The summed E-state index contributed by atoms with van der Waals surface area (Å²) in [7, 11) is 0. The second-order valence-electron chi connectivity index (χ2n) is 8.86. The van der Waals surface area contributed by atoms with Gasteiger partial charge in [0.1, 0.15) is 17.7 Å².